The highest BCUT2D eigenvalue weighted by Gasteiger charge is 2.06. The van der Waals surface area contributed by atoms with Crippen LogP contribution in [-0.4, -0.2) is 43.3 Å². The summed E-state index contributed by atoms with van der Waals surface area (Å²) in [6.45, 7) is 1.06. The molecule has 2 N–H and O–H groups in total. The number of carbonyl (C=O) groups excluding carboxylic acids is 1. The van der Waals surface area contributed by atoms with Crippen molar-refractivity contribution >= 4 is 17.4 Å². The Morgan fingerprint density at radius 1 is 0.963 bits per heavy atom. The summed E-state index contributed by atoms with van der Waals surface area (Å²) in [6.07, 6.45) is 1.70. The Morgan fingerprint density at radius 2 is 1.67 bits per heavy atom. The maximum atomic E-state index is 12.3. The quantitative estimate of drug-likeness (QED) is 0.633. The van der Waals surface area contributed by atoms with Gasteiger partial charge in [0.2, 0.25) is 0 Å². The van der Waals surface area contributed by atoms with E-state index in [-0.39, 0.29) is 5.91 Å². The maximum Gasteiger partial charge on any atom is 0.251 e. The SMILES string of the molecule is CN(C)c1cnnc(NCCNC(=O)c2ccc(-c3ccccc3)cc2)c1. The van der Waals surface area contributed by atoms with Crippen LogP contribution in [0.2, 0.25) is 0 Å². The van der Waals surface area contributed by atoms with E-state index in [1.54, 1.807) is 6.20 Å². The molecule has 0 aliphatic carbocycles. The van der Waals surface area contributed by atoms with E-state index in [4.69, 9.17) is 0 Å². The van der Waals surface area contributed by atoms with Crippen LogP contribution in [0.25, 0.3) is 11.1 Å². The predicted molar refractivity (Wildman–Crippen MR) is 109 cm³/mol. The smallest absolute Gasteiger partial charge is 0.251 e. The fourth-order valence-corrected chi connectivity index (χ4v) is 2.60. The Labute approximate surface area is 159 Å². The summed E-state index contributed by atoms with van der Waals surface area (Å²) >= 11 is 0. The van der Waals surface area contributed by atoms with Gasteiger partial charge in [0.05, 0.1) is 11.9 Å². The van der Waals surface area contributed by atoms with E-state index in [9.17, 15) is 4.79 Å². The van der Waals surface area contributed by atoms with E-state index in [0.717, 1.165) is 16.8 Å². The molecule has 0 aliphatic rings. The van der Waals surface area contributed by atoms with Crippen LogP contribution in [0, 0.1) is 0 Å². The van der Waals surface area contributed by atoms with Crippen LogP contribution in [-0.2, 0) is 0 Å². The first kappa shape index (κ1) is 18.4. The Balaban J connectivity index is 1.49. The minimum absolute atomic E-state index is 0.0930. The highest BCUT2D eigenvalue weighted by molar-refractivity contribution is 5.94. The third-order valence-electron chi connectivity index (χ3n) is 4.13. The van der Waals surface area contributed by atoms with E-state index in [1.807, 2.05) is 67.5 Å². The number of hydrogen-bond donors (Lipinski definition) is 2. The standard InChI is InChI=1S/C21H23N5O/c1-26(2)19-14-20(25-24-15-19)22-12-13-23-21(27)18-10-8-17(9-11-18)16-6-4-3-5-7-16/h3-11,14-15H,12-13H2,1-2H3,(H,22,25)(H,23,27). The molecule has 2 aromatic carbocycles. The molecule has 1 amide bonds. The number of carbonyl (C=O) groups is 1. The van der Waals surface area contributed by atoms with Crippen molar-refractivity contribution in [2.45, 2.75) is 0 Å². The number of amides is 1. The number of nitrogens with zero attached hydrogens (tertiary/aromatic N) is 3. The molecule has 1 aromatic heterocycles. The zero-order valence-corrected chi connectivity index (χ0v) is 15.5. The molecule has 27 heavy (non-hydrogen) atoms. The lowest BCUT2D eigenvalue weighted by Gasteiger charge is -2.13. The van der Waals surface area contributed by atoms with Crippen molar-refractivity contribution in [3.63, 3.8) is 0 Å². The monoisotopic (exact) mass is 361 g/mol. The van der Waals surface area contributed by atoms with Crippen LogP contribution in [0.15, 0.2) is 66.9 Å². The second kappa shape index (κ2) is 8.80. The van der Waals surface area contributed by atoms with Crippen LogP contribution < -0.4 is 15.5 Å². The van der Waals surface area contributed by atoms with Crippen molar-refractivity contribution in [3.8, 4) is 11.1 Å². The second-order valence-electron chi connectivity index (χ2n) is 6.32. The Kier molecular flexibility index (Phi) is 5.99. The van der Waals surface area contributed by atoms with Gasteiger partial charge in [0.15, 0.2) is 5.82 Å². The Hall–Kier alpha value is -3.41. The van der Waals surface area contributed by atoms with Gasteiger partial charge in [-0.25, -0.2) is 0 Å². The first-order valence-corrected chi connectivity index (χ1v) is 8.81. The maximum absolute atomic E-state index is 12.3. The van der Waals surface area contributed by atoms with Crippen molar-refractivity contribution in [2.24, 2.45) is 0 Å². The molecule has 6 nitrogen and oxygen atoms in total. The van der Waals surface area contributed by atoms with E-state index in [2.05, 4.69) is 33.0 Å². The summed E-state index contributed by atoms with van der Waals surface area (Å²) in [6, 6.07) is 19.6. The largest absolute Gasteiger partial charge is 0.376 e. The van der Waals surface area contributed by atoms with Gasteiger partial charge in [0, 0.05) is 38.8 Å². The van der Waals surface area contributed by atoms with E-state index in [0.29, 0.717) is 24.5 Å². The predicted octanol–water partition coefficient (Wildman–Crippen LogP) is 3.05. The topological polar surface area (TPSA) is 70.2 Å². The highest BCUT2D eigenvalue weighted by Crippen LogP contribution is 2.19. The van der Waals surface area contributed by atoms with Gasteiger partial charge in [-0.1, -0.05) is 42.5 Å². The molecular weight excluding hydrogens is 338 g/mol. The van der Waals surface area contributed by atoms with Gasteiger partial charge in [-0.3, -0.25) is 4.79 Å². The lowest BCUT2D eigenvalue weighted by atomic mass is 10.0. The zero-order valence-electron chi connectivity index (χ0n) is 15.5. The third kappa shape index (κ3) is 5.04. The lowest BCUT2D eigenvalue weighted by Crippen LogP contribution is -2.28. The molecule has 0 radical (unpaired) electrons. The summed E-state index contributed by atoms with van der Waals surface area (Å²) in [5, 5.41) is 14.1. The molecule has 0 bridgehead atoms. The van der Waals surface area contributed by atoms with Crippen LogP contribution in [0.4, 0.5) is 11.5 Å². The van der Waals surface area contributed by atoms with Gasteiger partial charge in [0.25, 0.3) is 5.91 Å². The summed E-state index contributed by atoms with van der Waals surface area (Å²) in [4.78, 5) is 14.2. The lowest BCUT2D eigenvalue weighted by molar-refractivity contribution is 0.0955. The summed E-state index contributed by atoms with van der Waals surface area (Å²) in [7, 11) is 3.90. The number of aromatic nitrogens is 2. The first-order chi connectivity index (χ1) is 13.1. The fourth-order valence-electron chi connectivity index (χ4n) is 2.60. The number of hydrogen-bond acceptors (Lipinski definition) is 5. The molecule has 3 rings (SSSR count). The number of benzene rings is 2. The molecule has 0 unspecified atom stereocenters. The van der Waals surface area contributed by atoms with E-state index < -0.39 is 0 Å². The van der Waals surface area contributed by atoms with Crippen LogP contribution in [0.3, 0.4) is 0 Å². The number of rotatable bonds is 7. The van der Waals surface area contributed by atoms with Crippen LogP contribution in [0.1, 0.15) is 10.4 Å². The molecule has 0 spiro atoms. The van der Waals surface area contributed by atoms with Crippen LogP contribution in [0.5, 0.6) is 0 Å². The van der Waals surface area contributed by atoms with Gasteiger partial charge in [-0.2, -0.15) is 5.10 Å². The van der Waals surface area contributed by atoms with Crippen LogP contribution >= 0.6 is 0 Å². The molecule has 3 aromatic rings. The number of nitrogens with one attached hydrogen (secondary N) is 2. The molecule has 0 aliphatic heterocycles. The normalized spacial score (nSPS) is 10.3. The van der Waals surface area contributed by atoms with Gasteiger partial charge < -0.3 is 15.5 Å². The van der Waals surface area contributed by atoms with Crippen molar-refractivity contribution in [1.29, 1.82) is 0 Å². The molecule has 1 heterocycles. The molecule has 0 atom stereocenters. The second-order valence-corrected chi connectivity index (χ2v) is 6.32. The summed E-state index contributed by atoms with van der Waals surface area (Å²) in [5.41, 5.74) is 3.84. The molecule has 0 saturated carbocycles. The highest BCUT2D eigenvalue weighted by atomic mass is 16.1. The Bertz CT molecular complexity index is 879. The molecule has 138 valence electrons. The van der Waals surface area contributed by atoms with Crippen molar-refractivity contribution < 1.29 is 4.79 Å². The van der Waals surface area contributed by atoms with Gasteiger partial charge in [-0.05, 0) is 23.3 Å². The van der Waals surface area contributed by atoms with Crippen molar-refractivity contribution in [3.05, 3.63) is 72.4 Å². The fraction of sp³-hybridized carbons (Fsp3) is 0.190. The Morgan fingerprint density at radius 3 is 2.37 bits per heavy atom. The first-order valence-electron chi connectivity index (χ1n) is 8.81. The van der Waals surface area contributed by atoms with Gasteiger partial charge in [0.1, 0.15) is 0 Å². The van der Waals surface area contributed by atoms with E-state index in [1.165, 1.54) is 0 Å². The van der Waals surface area contributed by atoms with E-state index >= 15 is 0 Å². The molecular formula is C21H23N5O. The number of anilines is 2. The summed E-state index contributed by atoms with van der Waals surface area (Å²) in [5.74, 6) is 0.590. The third-order valence-corrected chi connectivity index (χ3v) is 4.13. The zero-order chi connectivity index (χ0) is 19.1. The average molecular weight is 361 g/mol. The molecule has 0 saturated heterocycles. The summed E-state index contributed by atoms with van der Waals surface area (Å²) < 4.78 is 0. The van der Waals surface area contributed by atoms with Crippen molar-refractivity contribution in [1.82, 2.24) is 15.5 Å². The van der Waals surface area contributed by atoms with Crippen molar-refractivity contribution in [2.75, 3.05) is 37.4 Å². The average Bonchev–Trinajstić information content (AvgIpc) is 2.72. The molecule has 0 fully saturated rings. The van der Waals surface area contributed by atoms with Gasteiger partial charge in [-0.15, -0.1) is 5.10 Å². The molecule has 6 heteroatoms. The minimum Gasteiger partial charge on any atom is -0.376 e. The minimum atomic E-state index is -0.0930. The van der Waals surface area contributed by atoms with Gasteiger partial charge >= 0.3 is 0 Å².